The third-order valence-electron chi connectivity index (χ3n) is 13.5. The highest BCUT2D eigenvalue weighted by atomic mass is 16.3. The summed E-state index contributed by atoms with van der Waals surface area (Å²) in [6, 6.07) is 62.4. The van der Waals surface area contributed by atoms with Gasteiger partial charge in [-0.05, 0) is 91.3 Å². The number of para-hydroxylation sites is 3. The molecule has 3 heterocycles. The smallest absolute Gasteiger partial charge is 0.333 e. The van der Waals surface area contributed by atoms with Crippen LogP contribution in [-0.2, 0) is 10.8 Å². The number of anilines is 4. The van der Waals surface area contributed by atoms with Gasteiger partial charge >= 0.3 is 6.85 Å². The van der Waals surface area contributed by atoms with Crippen molar-refractivity contribution in [1.29, 1.82) is 0 Å². The maximum Gasteiger partial charge on any atom is 0.333 e. The van der Waals surface area contributed by atoms with E-state index in [1.54, 1.807) is 0 Å². The fraction of sp³-hybridized carbons (Fsp3) is 0.111. The second-order valence-corrected chi connectivity index (χ2v) is 17.3. The third kappa shape index (κ3) is 4.46. The molecule has 4 heteroatoms. The molecule has 3 aliphatic rings. The minimum atomic E-state index is -0.272. The first-order valence-electron chi connectivity index (χ1n) is 20.5. The van der Waals surface area contributed by atoms with Crippen LogP contribution in [0.25, 0.3) is 55.3 Å². The van der Waals surface area contributed by atoms with Gasteiger partial charge in [0, 0.05) is 44.2 Å². The maximum atomic E-state index is 6.89. The van der Waals surface area contributed by atoms with Crippen LogP contribution in [-0.4, -0.2) is 6.85 Å². The van der Waals surface area contributed by atoms with E-state index in [0.29, 0.717) is 0 Å². The van der Waals surface area contributed by atoms with Gasteiger partial charge < -0.3 is 14.5 Å². The van der Waals surface area contributed by atoms with Gasteiger partial charge in [0.1, 0.15) is 5.58 Å². The van der Waals surface area contributed by atoms with Crippen molar-refractivity contribution in [3.05, 3.63) is 192 Å². The van der Waals surface area contributed by atoms with Crippen LogP contribution >= 0.6 is 0 Å². The third-order valence-corrected chi connectivity index (χ3v) is 13.5. The summed E-state index contributed by atoms with van der Waals surface area (Å²) < 4.78 is 6.89. The first-order valence-corrected chi connectivity index (χ1v) is 20.5. The number of furan rings is 1. The van der Waals surface area contributed by atoms with E-state index in [9.17, 15) is 0 Å². The molecule has 0 amide bonds. The Morgan fingerprint density at radius 1 is 0.603 bits per heavy atom. The van der Waals surface area contributed by atoms with E-state index in [4.69, 9.17) is 4.42 Å². The van der Waals surface area contributed by atoms with Gasteiger partial charge in [-0.15, -0.1) is 0 Å². The number of nitrogens with one attached hydrogen (secondary N) is 1. The van der Waals surface area contributed by atoms with Gasteiger partial charge in [-0.3, -0.25) is 0 Å². The molecule has 0 radical (unpaired) electrons. The standard InChI is InChI=1S/C54H41BN2O/c1-53(2,35-19-9-6-10-20-35)42-25-16-26-43-51(42)56-44-32-39-36-21-11-13-24-41(36)54(3,4)49(39)48-40-31-34(33-17-7-5-8-18-33)29-30-45(40)57(55(43)50(44)48)46-27-15-23-38-37-22-12-14-28-47(37)58-52(38)46/h5-32,56H,1-4H3. The molecule has 0 saturated carbocycles. The summed E-state index contributed by atoms with van der Waals surface area (Å²) in [7, 11) is 0. The quantitative estimate of drug-likeness (QED) is 0.182. The molecule has 58 heavy (non-hydrogen) atoms. The van der Waals surface area contributed by atoms with Crippen molar-refractivity contribution in [2.75, 3.05) is 10.1 Å². The number of rotatable bonds is 4. The van der Waals surface area contributed by atoms with E-state index < -0.39 is 0 Å². The molecule has 0 bridgehead atoms. The lowest BCUT2D eigenvalue weighted by Crippen LogP contribution is -2.61. The number of hydrogen-bond donors (Lipinski definition) is 1. The Morgan fingerprint density at radius 3 is 2.17 bits per heavy atom. The largest absolute Gasteiger partial charge is 0.454 e. The van der Waals surface area contributed by atoms with Gasteiger partial charge in [-0.2, -0.15) is 0 Å². The molecule has 3 nitrogen and oxygen atoms in total. The topological polar surface area (TPSA) is 28.4 Å². The van der Waals surface area contributed by atoms with Gasteiger partial charge in [0.05, 0.1) is 5.69 Å². The average Bonchev–Trinajstić information content (AvgIpc) is 3.76. The summed E-state index contributed by atoms with van der Waals surface area (Å²) in [4.78, 5) is 2.60. The molecule has 2 aliphatic heterocycles. The Morgan fingerprint density at radius 2 is 1.33 bits per heavy atom. The summed E-state index contributed by atoms with van der Waals surface area (Å²) in [5, 5.41) is 6.43. The minimum Gasteiger partial charge on any atom is -0.454 e. The van der Waals surface area contributed by atoms with Crippen LogP contribution in [0.3, 0.4) is 0 Å². The highest BCUT2D eigenvalue weighted by Gasteiger charge is 2.49. The van der Waals surface area contributed by atoms with Crippen molar-refractivity contribution >= 4 is 62.5 Å². The number of fused-ring (bicyclic) bond motifs is 11. The van der Waals surface area contributed by atoms with Crippen LogP contribution in [0.1, 0.15) is 49.9 Å². The lowest BCUT2D eigenvalue weighted by Gasteiger charge is -2.45. The first kappa shape index (κ1) is 33.4. The Hall–Kier alpha value is -6.78. The van der Waals surface area contributed by atoms with Crippen LogP contribution in [0.2, 0.25) is 0 Å². The van der Waals surface area contributed by atoms with E-state index in [2.05, 4.69) is 208 Å². The fourth-order valence-electron chi connectivity index (χ4n) is 10.7. The highest BCUT2D eigenvalue weighted by Crippen LogP contribution is 2.57. The predicted octanol–water partition coefficient (Wildman–Crippen LogP) is 12.9. The number of nitrogens with zero attached hydrogens (tertiary/aromatic N) is 1. The molecule has 1 N–H and O–H groups in total. The average molecular weight is 745 g/mol. The van der Waals surface area contributed by atoms with Crippen molar-refractivity contribution in [2.24, 2.45) is 0 Å². The summed E-state index contributed by atoms with van der Waals surface area (Å²) in [5.41, 5.74) is 21.4. The molecule has 0 saturated heterocycles. The van der Waals surface area contributed by atoms with Crippen LogP contribution in [0.5, 0.6) is 0 Å². The van der Waals surface area contributed by atoms with Crippen LogP contribution in [0, 0.1) is 0 Å². The van der Waals surface area contributed by atoms with E-state index in [-0.39, 0.29) is 17.7 Å². The van der Waals surface area contributed by atoms with Crippen LogP contribution < -0.4 is 21.1 Å². The number of hydrogen-bond acceptors (Lipinski definition) is 3. The molecule has 12 rings (SSSR count). The predicted molar refractivity (Wildman–Crippen MR) is 244 cm³/mol. The number of benzene rings is 8. The van der Waals surface area contributed by atoms with Gasteiger partial charge in [0.2, 0.25) is 0 Å². The Bertz CT molecular complexity index is 3160. The van der Waals surface area contributed by atoms with Gasteiger partial charge in [-0.1, -0.05) is 167 Å². The Labute approximate surface area is 339 Å². The molecular weight excluding hydrogens is 703 g/mol. The first-order chi connectivity index (χ1) is 28.3. The second kappa shape index (κ2) is 11.9. The van der Waals surface area contributed by atoms with E-state index in [0.717, 1.165) is 33.3 Å². The molecule has 8 aromatic carbocycles. The molecule has 1 aromatic heterocycles. The van der Waals surface area contributed by atoms with Crippen LogP contribution in [0.4, 0.5) is 22.7 Å². The monoisotopic (exact) mass is 744 g/mol. The van der Waals surface area contributed by atoms with Crippen molar-refractivity contribution < 1.29 is 4.42 Å². The van der Waals surface area contributed by atoms with Gasteiger partial charge in [0.25, 0.3) is 0 Å². The van der Waals surface area contributed by atoms with E-state index >= 15 is 0 Å². The van der Waals surface area contributed by atoms with Crippen molar-refractivity contribution in [2.45, 2.75) is 38.5 Å². The lowest BCUT2D eigenvalue weighted by molar-refractivity contribution is 0.643. The SMILES string of the molecule is CC(C)(c1ccccc1)c1cccc2c1Nc1cc3c(c4c1B2N(c1cccc2c1oc1ccccc12)c1ccc(-c2ccccc2)cc1-4)C(C)(C)c1ccccc1-3. The zero-order valence-corrected chi connectivity index (χ0v) is 33.1. The highest BCUT2D eigenvalue weighted by molar-refractivity contribution is 6.93. The zero-order chi connectivity index (χ0) is 38.9. The van der Waals surface area contributed by atoms with E-state index in [1.807, 2.05) is 0 Å². The Balaban J connectivity index is 1.22. The van der Waals surface area contributed by atoms with Crippen LogP contribution in [0.15, 0.2) is 174 Å². The van der Waals surface area contributed by atoms with Gasteiger partial charge in [-0.25, -0.2) is 0 Å². The molecule has 276 valence electrons. The molecule has 0 fully saturated rings. The summed E-state index contributed by atoms with van der Waals surface area (Å²) >= 11 is 0. The van der Waals surface area contributed by atoms with Crippen molar-refractivity contribution in [1.82, 2.24) is 0 Å². The molecule has 0 unspecified atom stereocenters. The molecule has 1 aliphatic carbocycles. The minimum absolute atomic E-state index is 0.147. The molecule has 9 aromatic rings. The van der Waals surface area contributed by atoms with Crippen molar-refractivity contribution in [3.8, 4) is 33.4 Å². The van der Waals surface area contributed by atoms with Crippen molar-refractivity contribution in [3.63, 3.8) is 0 Å². The summed E-state index contributed by atoms with van der Waals surface area (Å²) in [5.74, 6) is 0. The fourth-order valence-corrected chi connectivity index (χ4v) is 10.7. The zero-order valence-electron chi connectivity index (χ0n) is 33.1. The van der Waals surface area contributed by atoms with E-state index in [1.165, 1.54) is 77.9 Å². The summed E-state index contributed by atoms with van der Waals surface area (Å²) in [6.07, 6.45) is 0. The summed E-state index contributed by atoms with van der Waals surface area (Å²) in [6.45, 7) is 9.41. The maximum absolute atomic E-state index is 6.89. The lowest BCUT2D eigenvalue weighted by atomic mass is 9.42. The normalized spacial score (nSPS) is 14.4. The Kier molecular flexibility index (Phi) is 6.83. The molecule has 0 atom stereocenters. The van der Waals surface area contributed by atoms with Gasteiger partial charge in [0.15, 0.2) is 5.58 Å². The second-order valence-electron chi connectivity index (χ2n) is 17.3. The molecular formula is C54H41BN2O. The molecule has 0 spiro atoms.